The molecule has 1 aliphatic heterocycles. The molecule has 0 aromatic carbocycles. The first kappa shape index (κ1) is 29.3. The van der Waals surface area contributed by atoms with Crippen LogP contribution >= 0.6 is 0 Å². The molecule has 0 spiro atoms. The van der Waals surface area contributed by atoms with Crippen molar-refractivity contribution in [3.05, 3.63) is 36.2 Å². The van der Waals surface area contributed by atoms with Crippen molar-refractivity contribution in [1.82, 2.24) is 19.9 Å². The second-order valence-corrected chi connectivity index (χ2v) is 15.4. The van der Waals surface area contributed by atoms with E-state index < -0.39 is 8.07 Å². The zero-order chi connectivity index (χ0) is 28.5. The second kappa shape index (κ2) is 13.6. The number of hydrogen-bond acceptors (Lipinski definition) is 11. The largest absolute Gasteiger partial charge is 0.479 e. The third-order valence-electron chi connectivity index (χ3n) is 6.22. The van der Waals surface area contributed by atoms with Crippen molar-refractivity contribution in [2.24, 2.45) is 0 Å². The van der Waals surface area contributed by atoms with Crippen LogP contribution in [0.25, 0.3) is 0 Å². The lowest BCUT2D eigenvalue weighted by Gasteiger charge is -2.26. The van der Waals surface area contributed by atoms with Crippen molar-refractivity contribution >= 4 is 30.9 Å². The van der Waals surface area contributed by atoms with Gasteiger partial charge in [-0.05, 0) is 31.2 Å². The minimum Gasteiger partial charge on any atom is -0.479 e. The van der Waals surface area contributed by atoms with E-state index in [1.165, 1.54) is 14.2 Å². The van der Waals surface area contributed by atoms with Gasteiger partial charge < -0.3 is 34.0 Å². The van der Waals surface area contributed by atoms with Crippen LogP contribution in [-0.4, -0.2) is 87.4 Å². The van der Waals surface area contributed by atoms with Gasteiger partial charge in [-0.1, -0.05) is 19.6 Å². The number of aromatic nitrogens is 3. The van der Waals surface area contributed by atoms with Crippen LogP contribution in [0.4, 0.5) is 11.6 Å². The van der Waals surface area contributed by atoms with Crippen LogP contribution in [0, 0.1) is 0 Å². The Balaban J connectivity index is 1.34. The lowest BCUT2D eigenvalue weighted by Crippen LogP contribution is -2.39. The van der Waals surface area contributed by atoms with Crippen LogP contribution in [0.5, 0.6) is 23.5 Å². The molecule has 1 aliphatic rings. The van der Waals surface area contributed by atoms with Gasteiger partial charge in [0.15, 0.2) is 5.69 Å². The molecule has 1 fully saturated rings. The average molecular weight is 571 g/mol. The molecule has 3 aromatic heterocycles. The highest BCUT2D eigenvalue weighted by Gasteiger charge is 2.21. The number of rotatable bonds is 13. The van der Waals surface area contributed by atoms with Crippen molar-refractivity contribution in [1.29, 1.82) is 0 Å². The van der Waals surface area contributed by atoms with Crippen LogP contribution in [0.2, 0.25) is 19.6 Å². The van der Waals surface area contributed by atoms with Gasteiger partial charge in [-0.3, -0.25) is 14.7 Å². The normalized spacial score (nSPS) is 14.0. The number of carbonyl (C=O) groups is 1. The Morgan fingerprint density at radius 3 is 2.48 bits per heavy atom. The van der Waals surface area contributed by atoms with E-state index in [1.807, 2.05) is 6.07 Å². The van der Waals surface area contributed by atoms with Crippen molar-refractivity contribution in [3.63, 3.8) is 0 Å². The van der Waals surface area contributed by atoms with Crippen molar-refractivity contribution in [3.8, 4) is 23.5 Å². The molecule has 0 aliphatic carbocycles. The molecule has 0 unspecified atom stereocenters. The first-order valence-corrected chi connectivity index (χ1v) is 16.8. The van der Waals surface area contributed by atoms with Gasteiger partial charge in [0.2, 0.25) is 23.6 Å². The van der Waals surface area contributed by atoms with Crippen LogP contribution in [0.3, 0.4) is 0 Å². The van der Waals surface area contributed by atoms with Gasteiger partial charge in [0, 0.05) is 37.2 Å². The number of anilines is 2. The summed E-state index contributed by atoms with van der Waals surface area (Å²) in [5, 5.41) is 7.03. The number of morpholine rings is 1. The van der Waals surface area contributed by atoms with Crippen LogP contribution in [0.15, 0.2) is 34.9 Å². The summed E-state index contributed by atoms with van der Waals surface area (Å²) in [4.78, 5) is 28.5. The molecule has 1 amide bonds. The minimum atomic E-state index is -1.59. The van der Waals surface area contributed by atoms with E-state index in [9.17, 15) is 4.79 Å². The summed E-state index contributed by atoms with van der Waals surface area (Å²) in [6.45, 7) is 11.7. The molecule has 0 atom stereocenters. The van der Waals surface area contributed by atoms with E-state index in [-0.39, 0.29) is 35.7 Å². The number of hydrogen-bond donors (Lipinski definition) is 2. The molecular formula is C27H38N6O6Si. The predicted molar refractivity (Wildman–Crippen MR) is 154 cm³/mol. The fourth-order valence-electron chi connectivity index (χ4n) is 4.08. The van der Waals surface area contributed by atoms with Gasteiger partial charge in [0.05, 0.1) is 33.9 Å². The summed E-state index contributed by atoms with van der Waals surface area (Å²) in [5.74, 6) is 1.75. The molecular weight excluding hydrogens is 532 g/mol. The van der Waals surface area contributed by atoms with Crippen molar-refractivity contribution < 1.29 is 28.2 Å². The van der Waals surface area contributed by atoms with Gasteiger partial charge in [-0.25, -0.2) is 0 Å². The SMILES string of the molecule is COc1nc(NCCCN2CCOCC2)nc(OC)c1NC(=O)Cc1ccc(Oc2ccnc([Si](C)(C)C)c2)o1. The number of amides is 1. The molecule has 4 rings (SSSR count). The fraction of sp³-hybridized carbons (Fsp3) is 0.481. The highest BCUT2D eigenvalue weighted by Crippen LogP contribution is 2.33. The Labute approximate surface area is 235 Å². The Morgan fingerprint density at radius 1 is 1.07 bits per heavy atom. The van der Waals surface area contributed by atoms with E-state index in [1.54, 1.807) is 24.4 Å². The Kier molecular flexibility index (Phi) is 9.96. The molecule has 13 heteroatoms. The zero-order valence-electron chi connectivity index (χ0n) is 23.8. The average Bonchev–Trinajstić information content (AvgIpc) is 3.37. The highest BCUT2D eigenvalue weighted by atomic mass is 28.3. The fourth-order valence-corrected chi connectivity index (χ4v) is 5.12. The first-order valence-electron chi connectivity index (χ1n) is 13.3. The topological polar surface area (TPSA) is 133 Å². The molecule has 1 saturated heterocycles. The highest BCUT2D eigenvalue weighted by molar-refractivity contribution is 6.88. The summed E-state index contributed by atoms with van der Waals surface area (Å²) in [7, 11) is 1.36. The summed E-state index contributed by atoms with van der Waals surface area (Å²) < 4.78 is 27.9. The number of ether oxygens (including phenoxy) is 4. The molecule has 0 radical (unpaired) electrons. The number of methoxy groups -OCH3 is 2. The lowest BCUT2D eigenvalue weighted by atomic mass is 10.3. The molecule has 12 nitrogen and oxygen atoms in total. The monoisotopic (exact) mass is 570 g/mol. The van der Waals surface area contributed by atoms with Crippen molar-refractivity contribution in [2.75, 3.05) is 64.2 Å². The van der Waals surface area contributed by atoms with E-state index in [4.69, 9.17) is 23.4 Å². The van der Waals surface area contributed by atoms with Gasteiger partial charge in [0.1, 0.15) is 19.6 Å². The Hall–Kier alpha value is -3.68. The van der Waals surface area contributed by atoms with E-state index in [2.05, 4.69) is 50.1 Å². The Morgan fingerprint density at radius 2 is 1.80 bits per heavy atom. The molecule has 4 heterocycles. The van der Waals surface area contributed by atoms with Crippen LogP contribution in [-0.2, 0) is 16.0 Å². The maximum Gasteiger partial charge on any atom is 0.290 e. The second-order valence-electron chi connectivity index (χ2n) is 10.3. The summed E-state index contributed by atoms with van der Waals surface area (Å²) in [5.41, 5.74) is 0.243. The molecule has 2 N–H and O–H groups in total. The van der Waals surface area contributed by atoms with Gasteiger partial charge in [-0.15, -0.1) is 0 Å². The number of furan rings is 1. The standard InChI is InChI=1S/C27H38N6O6Si/c1-35-25-24(26(36-2)32-27(31-25)29-10-6-12-33-13-15-37-16-14-33)30-21(34)17-19-7-8-23(38-19)39-20-9-11-28-22(18-20)40(3,4)5/h7-9,11,18H,6,10,12-17H2,1-5H3,(H,30,34)(H,29,31,32). The van der Waals surface area contributed by atoms with E-state index in [0.29, 0.717) is 24.0 Å². The molecule has 3 aromatic rings. The minimum absolute atomic E-state index is 0.0340. The summed E-state index contributed by atoms with van der Waals surface area (Å²) in [6, 6.07) is 7.09. The first-order chi connectivity index (χ1) is 19.2. The molecule has 0 bridgehead atoms. The number of nitrogens with zero attached hydrogens (tertiary/aromatic N) is 4. The number of pyridine rings is 1. The number of carbonyl (C=O) groups excluding carboxylic acids is 1. The van der Waals surface area contributed by atoms with Gasteiger partial charge >= 0.3 is 0 Å². The smallest absolute Gasteiger partial charge is 0.290 e. The van der Waals surface area contributed by atoms with E-state index >= 15 is 0 Å². The van der Waals surface area contributed by atoms with Crippen LogP contribution < -0.4 is 30.2 Å². The zero-order valence-corrected chi connectivity index (χ0v) is 24.8. The maximum absolute atomic E-state index is 12.9. The molecule has 40 heavy (non-hydrogen) atoms. The maximum atomic E-state index is 12.9. The summed E-state index contributed by atoms with van der Waals surface area (Å²) >= 11 is 0. The Bertz CT molecular complexity index is 1250. The predicted octanol–water partition coefficient (Wildman–Crippen LogP) is 3.13. The lowest BCUT2D eigenvalue weighted by molar-refractivity contribution is -0.115. The van der Waals surface area contributed by atoms with Gasteiger partial charge in [0.25, 0.3) is 5.95 Å². The third kappa shape index (κ3) is 8.16. The van der Waals surface area contributed by atoms with Gasteiger partial charge in [-0.2, -0.15) is 9.97 Å². The van der Waals surface area contributed by atoms with E-state index in [0.717, 1.165) is 44.6 Å². The summed E-state index contributed by atoms with van der Waals surface area (Å²) in [6.07, 6.45) is 2.62. The molecule has 0 saturated carbocycles. The third-order valence-corrected chi connectivity index (χ3v) is 8.03. The molecule has 216 valence electrons. The quantitative estimate of drug-likeness (QED) is 0.232. The van der Waals surface area contributed by atoms with Crippen LogP contribution in [0.1, 0.15) is 12.2 Å². The van der Waals surface area contributed by atoms with Crippen molar-refractivity contribution in [2.45, 2.75) is 32.5 Å². The number of nitrogens with one attached hydrogen (secondary N) is 2.